The van der Waals surface area contributed by atoms with E-state index in [1.807, 2.05) is 35.2 Å². The lowest BCUT2D eigenvalue weighted by Gasteiger charge is -2.32. The van der Waals surface area contributed by atoms with Gasteiger partial charge in [0.05, 0.1) is 11.4 Å². The molecule has 1 aromatic heterocycles. The van der Waals surface area contributed by atoms with Crippen molar-refractivity contribution in [3.63, 3.8) is 0 Å². The molecule has 0 spiro atoms. The van der Waals surface area contributed by atoms with Gasteiger partial charge in [0, 0.05) is 31.7 Å². The van der Waals surface area contributed by atoms with Crippen LogP contribution >= 0.6 is 11.8 Å². The lowest BCUT2D eigenvalue weighted by molar-refractivity contribution is -0.129. The van der Waals surface area contributed by atoms with Gasteiger partial charge in [-0.15, -0.1) is 10.2 Å². The zero-order valence-corrected chi connectivity index (χ0v) is 18.5. The Morgan fingerprint density at radius 1 is 0.967 bits per heavy atom. The molecule has 1 aliphatic rings. The molecule has 0 unspecified atom stereocenters. The highest BCUT2D eigenvalue weighted by molar-refractivity contribution is 7.99. The van der Waals surface area contributed by atoms with Gasteiger partial charge in [-0.25, -0.2) is 0 Å². The van der Waals surface area contributed by atoms with Crippen LogP contribution in [0.15, 0.2) is 53.7 Å². The normalized spacial score (nSPS) is 14.8. The maximum atomic E-state index is 12.7. The van der Waals surface area contributed by atoms with E-state index in [2.05, 4.69) is 58.8 Å². The average Bonchev–Trinajstić information content (AvgIpc) is 3.19. The number of carbonyl (C=O) groups excluding carboxylic acids is 1. The van der Waals surface area contributed by atoms with Crippen LogP contribution in [0.3, 0.4) is 0 Å². The van der Waals surface area contributed by atoms with Crippen LogP contribution < -0.4 is 0 Å². The second-order valence-corrected chi connectivity index (χ2v) is 8.69. The third kappa shape index (κ3) is 4.42. The van der Waals surface area contributed by atoms with E-state index in [0.29, 0.717) is 5.75 Å². The van der Waals surface area contributed by atoms with E-state index in [1.165, 1.54) is 22.9 Å². The number of aryl methyl sites for hydroxylation is 2. The molecule has 4 rings (SSSR count). The van der Waals surface area contributed by atoms with Gasteiger partial charge in [0.1, 0.15) is 0 Å². The van der Waals surface area contributed by atoms with Crippen LogP contribution in [-0.4, -0.2) is 69.5 Å². The van der Waals surface area contributed by atoms with E-state index >= 15 is 0 Å². The van der Waals surface area contributed by atoms with Gasteiger partial charge < -0.3 is 9.80 Å². The van der Waals surface area contributed by atoms with Crippen LogP contribution in [0, 0.1) is 13.8 Å². The maximum absolute atomic E-state index is 12.7. The van der Waals surface area contributed by atoms with Crippen molar-refractivity contribution in [1.29, 1.82) is 0 Å². The van der Waals surface area contributed by atoms with Gasteiger partial charge in [-0.05, 0) is 44.2 Å². The van der Waals surface area contributed by atoms with E-state index in [0.717, 1.165) is 48.4 Å². The van der Waals surface area contributed by atoms with E-state index < -0.39 is 0 Å². The Labute approximate surface area is 181 Å². The first-order valence-electron chi connectivity index (χ1n) is 10.2. The molecule has 1 amide bonds. The zero-order chi connectivity index (χ0) is 21.1. The van der Waals surface area contributed by atoms with Crippen molar-refractivity contribution in [2.45, 2.75) is 19.0 Å². The first kappa shape index (κ1) is 20.6. The number of nitrogens with zero attached hydrogens (tertiary/aromatic N) is 5. The number of amides is 1. The van der Waals surface area contributed by atoms with Crippen LogP contribution in [0.2, 0.25) is 0 Å². The highest BCUT2D eigenvalue weighted by Crippen LogP contribution is 2.29. The molecule has 7 heteroatoms. The van der Waals surface area contributed by atoms with Crippen LogP contribution in [0.4, 0.5) is 0 Å². The molecule has 2 aromatic carbocycles. The summed E-state index contributed by atoms with van der Waals surface area (Å²) in [5, 5.41) is 9.66. The molecule has 0 N–H and O–H groups in total. The molecule has 0 bridgehead atoms. The van der Waals surface area contributed by atoms with Crippen LogP contribution in [0.25, 0.3) is 17.1 Å². The molecule has 2 heterocycles. The number of benzene rings is 2. The molecule has 1 fully saturated rings. The first-order chi connectivity index (χ1) is 14.5. The molecule has 30 heavy (non-hydrogen) atoms. The van der Waals surface area contributed by atoms with Crippen LogP contribution in [0.1, 0.15) is 11.1 Å². The number of likely N-dealkylation sites (N-methyl/N-ethyl adjacent to an activating group) is 1. The smallest absolute Gasteiger partial charge is 0.233 e. The highest BCUT2D eigenvalue weighted by Gasteiger charge is 2.22. The van der Waals surface area contributed by atoms with Gasteiger partial charge in [-0.3, -0.25) is 9.36 Å². The molecule has 1 aliphatic heterocycles. The Balaban J connectivity index is 1.62. The van der Waals surface area contributed by atoms with Crippen molar-refractivity contribution in [3.05, 3.63) is 59.7 Å². The van der Waals surface area contributed by atoms with Crippen molar-refractivity contribution in [2.24, 2.45) is 0 Å². The molecular formula is C23H27N5OS. The van der Waals surface area contributed by atoms with E-state index in [9.17, 15) is 4.79 Å². The summed E-state index contributed by atoms with van der Waals surface area (Å²) >= 11 is 1.45. The fourth-order valence-electron chi connectivity index (χ4n) is 3.51. The Hall–Kier alpha value is -2.64. The molecule has 156 valence electrons. The Morgan fingerprint density at radius 2 is 1.70 bits per heavy atom. The minimum atomic E-state index is 0.156. The van der Waals surface area contributed by atoms with Crippen LogP contribution in [-0.2, 0) is 4.79 Å². The third-order valence-corrected chi connectivity index (χ3v) is 6.51. The van der Waals surface area contributed by atoms with Crippen LogP contribution in [0.5, 0.6) is 0 Å². The lowest BCUT2D eigenvalue weighted by atomic mass is 10.1. The summed E-state index contributed by atoms with van der Waals surface area (Å²) in [5.41, 5.74) is 4.47. The predicted molar refractivity (Wildman–Crippen MR) is 121 cm³/mol. The number of thioether (sulfide) groups is 1. The summed E-state index contributed by atoms with van der Waals surface area (Å²) in [6, 6.07) is 16.4. The van der Waals surface area contributed by atoms with Gasteiger partial charge >= 0.3 is 0 Å². The van der Waals surface area contributed by atoms with E-state index in [1.54, 1.807) is 0 Å². The van der Waals surface area contributed by atoms with Gasteiger partial charge in [-0.1, -0.05) is 48.2 Å². The fraction of sp³-hybridized carbons (Fsp3) is 0.348. The maximum Gasteiger partial charge on any atom is 0.233 e. The Bertz CT molecular complexity index is 1030. The number of carbonyl (C=O) groups is 1. The minimum Gasteiger partial charge on any atom is -0.339 e. The largest absolute Gasteiger partial charge is 0.339 e. The number of rotatable bonds is 5. The van der Waals surface area contributed by atoms with Crippen molar-refractivity contribution in [2.75, 3.05) is 39.0 Å². The molecule has 0 radical (unpaired) electrons. The summed E-state index contributed by atoms with van der Waals surface area (Å²) < 4.78 is 2.06. The van der Waals surface area contributed by atoms with Gasteiger partial charge in [-0.2, -0.15) is 0 Å². The lowest BCUT2D eigenvalue weighted by Crippen LogP contribution is -2.47. The van der Waals surface area contributed by atoms with Crippen molar-refractivity contribution in [1.82, 2.24) is 24.6 Å². The Morgan fingerprint density at radius 3 is 2.40 bits per heavy atom. The van der Waals surface area contributed by atoms with Gasteiger partial charge in [0.25, 0.3) is 0 Å². The predicted octanol–water partition coefficient (Wildman–Crippen LogP) is 3.42. The highest BCUT2D eigenvalue weighted by atomic mass is 32.2. The quantitative estimate of drug-likeness (QED) is 0.591. The SMILES string of the molecule is Cc1ccc(-n2c(SCC(=O)N3CCN(C)CC3)nnc2-c2ccccc2)cc1C. The molecule has 6 nitrogen and oxygen atoms in total. The monoisotopic (exact) mass is 421 g/mol. The summed E-state index contributed by atoms with van der Waals surface area (Å²) in [6.45, 7) is 7.63. The topological polar surface area (TPSA) is 54.3 Å². The number of piperazine rings is 1. The molecule has 0 saturated carbocycles. The molecule has 1 saturated heterocycles. The van der Waals surface area contributed by atoms with Gasteiger partial charge in [0.2, 0.25) is 5.91 Å². The first-order valence-corrected chi connectivity index (χ1v) is 11.2. The zero-order valence-electron chi connectivity index (χ0n) is 17.7. The number of hydrogen-bond donors (Lipinski definition) is 0. The Kier molecular flexibility index (Phi) is 6.20. The molecular weight excluding hydrogens is 394 g/mol. The number of aromatic nitrogens is 3. The number of hydrogen-bond acceptors (Lipinski definition) is 5. The van der Waals surface area contributed by atoms with Crippen molar-refractivity contribution >= 4 is 17.7 Å². The third-order valence-electron chi connectivity index (χ3n) is 5.59. The van der Waals surface area contributed by atoms with E-state index in [4.69, 9.17) is 0 Å². The summed E-state index contributed by atoms with van der Waals surface area (Å²) in [4.78, 5) is 16.9. The molecule has 3 aromatic rings. The van der Waals surface area contributed by atoms with E-state index in [-0.39, 0.29) is 5.91 Å². The van der Waals surface area contributed by atoms with Crippen molar-refractivity contribution < 1.29 is 4.79 Å². The average molecular weight is 422 g/mol. The second kappa shape index (κ2) is 9.02. The van der Waals surface area contributed by atoms with Gasteiger partial charge in [0.15, 0.2) is 11.0 Å². The second-order valence-electron chi connectivity index (χ2n) is 7.75. The summed E-state index contributed by atoms with van der Waals surface area (Å²) in [7, 11) is 2.09. The minimum absolute atomic E-state index is 0.156. The molecule has 0 atom stereocenters. The molecule has 0 aliphatic carbocycles. The van der Waals surface area contributed by atoms with Crippen molar-refractivity contribution in [3.8, 4) is 17.1 Å². The summed E-state index contributed by atoms with van der Waals surface area (Å²) in [6.07, 6.45) is 0. The standard InChI is InChI=1S/C23H27N5OS/c1-17-9-10-20(15-18(17)2)28-22(19-7-5-4-6-8-19)24-25-23(28)30-16-21(29)27-13-11-26(3)12-14-27/h4-10,15H,11-14,16H2,1-3H3. The summed E-state index contributed by atoms with van der Waals surface area (Å²) in [5.74, 6) is 1.30. The fourth-order valence-corrected chi connectivity index (χ4v) is 4.36.